The zero-order chi connectivity index (χ0) is 19.1. The molecule has 0 spiro atoms. The van der Waals surface area contributed by atoms with Crippen LogP contribution in [0.4, 0.5) is 5.69 Å². The summed E-state index contributed by atoms with van der Waals surface area (Å²) in [5.41, 5.74) is 3.91. The summed E-state index contributed by atoms with van der Waals surface area (Å²) in [5, 5.41) is 7.17. The van der Waals surface area contributed by atoms with Crippen molar-refractivity contribution in [1.29, 1.82) is 0 Å². The molecule has 0 saturated heterocycles. The molecule has 0 saturated carbocycles. The quantitative estimate of drug-likeness (QED) is 0.528. The first-order valence-electron chi connectivity index (χ1n) is 9.16. The summed E-state index contributed by atoms with van der Waals surface area (Å²) in [6.07, 6.45) is 2.17. The first kappa shape index (κ1) is 19.7. The fourth-order valence-electron chi connectivity index (χ4n) is 3.05. The van der Waals surface area contributed by atoms with Gasteiger partial charge in [-0.15, -0.1) is 11.6 Å². The molecule has 0 bridgehead atoms. The molecule has 27 heavy (non-hydrogen) atoms. The van der Waals surface area contributed by atoms with E-state index in [0.29, 0.717) is 30.4 Å². The van der Waals surface area contributed by atoms with Gasteiger partial charge in [-0.2, -0.15) is 0 Å². The van der Waals surface area contributed by atoms with E-state index in [0.717, 1.165) is 35.4 Å². The van der Waals surface area contributed by atoms with Gasteiger partial charge in [-0.1, -0.05) is 41.9 Å². The summed E-state index contributed by atoms with van der Waals surface area (Å²) in [6, 6.07) is 15.9. The molecule has 1 unspecified atom stereocenters. The summed E-state index contributed by atoms with van der Waals surface area (Å²) < 4.78 is 0. The molecule has 2 N–H and O–H groups in total. The number of halogens is 2. The van der Waals surface area contributed by atoms with E-state index in [1.54, 1.807) is 0 Å². The highest BCUT2D eigenvalue weighted by Gasteiger charge is 2.20. The van der Waals surface area contributed by atoms with E-state index in [-0.39, 0.29) is 11.9 Å². The Balaban J connectivity index is 1.75. The molecule has 2 aromatic rings. The highest BCUT2D eigenvalue weighted by Crippen LogP contribution is 2.27. The van der Waals surface area contributed by atoms with Crippen LogP contribution in [0.5, 0.6) is 0 Å². The van der Waals surface area contributed by atoms with Crippen LogP contribution in [0.3, 0.4) is 0 Å². The van der Waals surface area contributed by atoms with Crippen LogP contribution >= 0.6 is 23.2 Å². The van der Waals surface area contributed by atoms with Gasteiger partial charge in [-0.3, -0.25) is 9.79 Å². The van der Waals surface area contributed by atoms with Crippen LogP contribution in [0, 0.1) is 0 Å². The van der Waals surface area contributed by atoms with E-state index in [1.165, 1.54) is 0 Å². The third-order valence-corrected chi connectivity index (χ3v) is 4.95. The number of carbonyl (C=O) groups excluding carboxylic acids is 1. The number of amides is 1. The average Bonchev–Trinajstić information content (AvgIpc) is 2.86. The molecule has 1 atom stereocenters. The van der Waals surface area contributed by atoms with E-state index < -0.39 is 0 Å². The minimum atomic E-state index is 0.0168. The summed E-state index contributed by atoms with van der Waals surface area (Å²) in [5.74, 6) is 0.642. The molecular weight excluding hydrogens is 381 g/mol. The third-order valence-electron chi connectivity index (χ3n) is 4.45. The molecule has 3 rings (SSSR count). The van der Waals surface area contributed by atoms with E-state index >= 15 is 0 Å². The SMILES string of the molecule is O=C(CCCCCl)NCC1CN=C(c2ccccc2)c2cc(Cl)ccc2N1. The summed E-state index contributed by atoms with van der Waals surface area (Å²) >= 11 is 11.9. The number of rotatable bonds is 7. The van der Waals surface area contributed by atoms with Crippen molar-refractivity contribution < 1.29 is 4.79 Å². The van der Waals surface area contributed by atoms with Gasteiger partial charge in [0.15, 0.2) is 0 Å². The van der Waals surface area contributed by atoms with Gasteiger partial charge in [-0.25, -0.2) is 0 Å². The van der Waals surface area contributed by atoms with Gasteiger partial charge in [0.1, 0.15) is 0 Å². The minimum Gasteiger partial charge on any atom is -0.378 e. The molecule has 1 heterocycles. The zero-order valence-corrected chi connectivity index (χ0v) is 16.6. The van der Waals surface area contributed by atoms with Gasteiger partial charge in [0.25, 0.3) is 0 Å². The Labute approximate surface area is 170 Å². The number of fused-ring (bicyclic) bond motifs is 1. The number of unbranched alkanes of at least 4 members (excludes halogenated alkanes) is 1. The van der Waals surface area contributed by atoms with E-state index in [4.69, 9.17) is 28.2 Å². The fraction of sp³-hybridized carbons (Fsp3) is 0.333. The van der Waals surface area contributed by atoms with Gasteiger partial charge in [0.05, 0.1) is 18.3 Å². The molecule has 2 aromatic carbocycles. The molecule has 1 amide bonds. The maximum absolute atomic E-state index is 12.0. The normalized spacial score (nSPS) is 15.9. The van der Waals surface area contributed by atoms with Gasteiger partial charge < -0.3 is 10.6 Å². The number of nitrogens with zero attached hydrogens (tertiary/aromatic N) is 1. The summed E-state index contributed by atoms with van der Waals surface area (Å²) in [6.45, 7) is 1.09. The highest BCUT2D eigenvalue weighted by atomic mass is 35.5. The Kier molecular flexibility index (Phi) is 7.13. The molecule has 4 nitrogen and oxygen atoms in total. The van der Waals surface area contributed by atoms with E-state index in [1.807, 2.05) is 48.5 Å². The number of aliphatic imine (C=N–C) groups is 1. The van der Waals surface area contributed by atoms with Gasteiger partial charge >= 0.3 is 0 Å². The second kappa shape index (κ2) is 9.77. The Morgan fingerprint density at radius 2 is 2.00 bits per heavy atom. The third kappa shape index (κ3) is 5.47. The predicted molar refractivity (Wildman–Crippen MR) is 113 cm³/mol. The van der Waals surface area contributed by atoms with Gasteiger partial charge in [0.2, 0.25) is 5.91 Å². The van der Waals surface area contributed by atoms with Gasteiger partial charge in [-0.05, 0) is 31.0 Å². The van der Waals surface area contributed by atoms with Crippen molar-refractivity contribution in [1.82, 2.24) is 5.32 Å². The van der Waals surface area contributed by atoms with Crippen molar-refractivity contribution in [2.24, 2.45) is 4.99 Å². The first-order chi connectivity index (χ1) is 13.2. The molecule has 0 radical (unpaired) electrons. The number of benzene rings is 2. The van der Waals surface area contributed by atoms with Crippen LogP contribution in [0.15, 0.2) is 53.5 Å². The van der Waals surface area contributed by atoms with Crippen molar-refractivity contribution in [2.75, 3.05) is 24.3 Å². The second-order valence-electron chi connectivity index (χ2n) is 6.54. The molecule has 0 fully saturated rings. The Hall–Kier alpha value is -2.04. The summed E-state index contributed by atoms with van der Waals surface area (Å²) in [4.78, 5) is 16.8. The number of carbonyl (C=O) groups is 1. The predicted octanol–water partition coefficient (Wildman–Crippen LogP) is 4.50. The van der Waals surface area contributed by atoms with Crippen LogP contribution in [0.2, 0.25) is 5.02 Å². The van der Waals surface area contributed by atoms with Crippen molar-refractivity contribution in [2.45, 2.75) is 25.3 Å². The van der Waals surface area contributed by atoms with Crippen LogP contribution in [-0.2, 0) is 4.79 Å². The molecule has 0 aliphatic carbocycles. The monoisotopic (exact) mass is 403 g/mol. The van der Waals surface area contributed by atoms with Crippen LogP contribution < -0.4 is 10.6 Å². The standard InChI is InChI=1S/C21H23Cl2N3O/c22-11-5-4-8-20(27)24-13-17-14-25-21(15-6-2-1-3-7-15)18-12-16(23)9-10-19(18)26-17/h1-3,6-7,9-10,12,17,26H,4-5,8,11,13-14H2,(H,24,27). The van der Waals surface area contributed by atoms with Crippen molar-refractivity contribution in [3.05, 3.63) is 64.7 Å². The topological polar surface area (TPSA) is 53.5 Å². The Morgan fingerprint density at radius 3 is 2.78 bits per heavy atom. The maximum atomic E-state index is 12.0. The average molecular weight is 404 g/mol. The maximum Gasteiger partial charge on any atom is 0.220 e. The second-order valence-corrected chi connectivity index (χ2v) is 7.35. The number of hydrogen-bond acceptors (Lipinski definition) is 3. The van der Waals surface area contributed by atoms with E-state index in [9.17, 15) is 4.79 Å². The summed E-state index contributed by atoms with van der Waals surface area (Å²) in [7, 11) is 0. The molecule has 6 heteroatoms. The lowest BCUT2D eigenvalue weighted by atomic mass is 10.0. The molecule has 1 aliphatic rings. The molecule has 1 aliphatic heterocycles. The number of benzodiazepines with no additional fused rings is 1. The van der Waals surface area contributed by atoms with Gasteiger partial charge in [0, 0.05) is 40.7 Å². The largest absolute Gasteiger partial charge is 0.378 e. The Bertz CT molecular complexity index is 808. The first-order valence-corrected chi connectivity index (χ1v) is 10.1. The van der Waals surface area contributed by atoms with Crippen molar-refractivity contribution >= 4 is 40.5 Å². The lowest BCUT2D eigenvalue weighted by Crippen LogP contribution is -2.38. The number of hydrogen-bond donors (Lipinski definition) is 2. The highest BCUT2D eigenvalue weighted by molar-refractivity contribution is 6.31. The van der Waals surface area contributed by atoms with Crippen molar-refractivity contribution in [3.8, 4) is 0 Å². The molecule has 142 valence electrons. The fourth-order valence-corrected chi connectivity index (χ4v) is 3.42. The minimum absolute atomic E-state index is 0.0168. The molecular formula is C21H23Cl2N3O. The zero-order valence-electron chi connectivity index (χ0n) is 15.1. The smallest absolute Gasteiger partial charge is 0.220 e. The molecule has 0 aromatic heterocycles. The van der Waals surface area contributed by atoms with Crippen LogP contribution in [0.25, 0.3) is 0 Å². The van der Waals surface area contributed by atoms with E-state index in [2.05, 4.69) is 10.6 Å². The number of anilines is 1. The van der Waals surface area contributed by atoms with Crippen LogP contribution in [-0.4, -0.2) is 36.6 Å². The Morgan fingerprint density at radius 1 is 1.19 bits per heavy atom. The van der Waals surface area contributed by atoms with Crippen molar-refractivity contribution in [3.63, 3.8) is 0 Å². The lowest BCUT2D eigenvalue weighted by Gasteiger charge is -2.18. The number of nitrogens with one attached hydrogen (secondary N) is 2. The number of alkyl halides is 1. The van der Waals surface area contributed by atoms with Crippen LogP contribution in [0.1, 0.15) is 30.4 Å². The lowest BCUT2D eigenvalue weighted by molar-refractivity contribution is -0.121.